The van der Waals surface area contributed by atoms with E-state index in [1.54, 1.807) is 7.11 Å². The molecule has 0 aliphatic heterocycles. The van der Waals surface area contributed by atoms with Gasteiger partial charge in [0, 0.05) is 18.0 Å². The Balaban J connectivity index is 1.79. The van der Waals surface area contributed by atoms with Gasteiger partial charge < -0.3 is 10.1 Å². The molecule has 2 aromatic rings. The molecule has 0 spiro atoms. The molecule has 2 aromatic carbocycles. The Morgan fingerprint density at radius 1 is 1.25 bits per heavy atom. The molecule has 0 radical (unpaired) electrons. The molecule has 3 rings (SSSR count). The van der Waals surface area contributed by atoms with Crippen molar-refractivity contribution in [1.82, 2.24) is 5.32 Å². The predicted molar refractivity (Wildman–Crippen MR) is 79.9 cm³/mol. The number of methoxy groups -OCH3 is 1. The van der Waals surface area contributed by atoms with Gasteiger partial charge in [0.25, 0.3) is 0 Å². The third-order valence-corrected chi connectivity index (χ3v) is 3.84. The van der Waals surface area contributed by atoms with E-state index in [-0.39, 0.29) is 11.8 Å². The highest BCUT2D eigenvalue weighted by Crippen LogP contribution is 2.30. The van der Waals surface area contributed by atoms with Crippen LogP contribution in [0.3, 0.4) is 0 Å². The summed E-state index contributed by atoms with van der Waals surface area (Å²) >= 11 is 0. The second-order valence-corrected chi connectivity index (χ2v) is 5.28. The van der Waals surface area contributed by atoms with Gasteiger partial charge in [-0.1, -0.05) is 30.3 Å². The Morgan fingerprint density at radius 2 is 2.05 bits per heavy atom. The van der Waals surface area contributed by atoms with E-state index >= 15 is 0 Å². The van der Waals surface area contributed by atoms with Crippen molar-refractivity contribution in [1.29, 1.82) is 0 Å². The van der Waals surface area contributed by atoms with Gasteiger partial charge in [-0.15, -0.1) is 0 Å². The lowest BCUT2D eigenvalue weighted by Gasteiger charge is -2.12. The van der Waals surface area contributed by atoms with Gasteiger partial charge in [0.05, 0.1) is 7.11 Å². The Kier molecular flexibility index (Phi) is 3.59. The highest BCUT2D eigenvalue weighted by molar-refractivity contribution is 5.88. The van der Waals surface area contributed by atoms with Gasteiger partial charge in [0.15, 0.2) is 0 Å². The molecule has 0 aromatic heterocycles. The minimum absolute atomic E-state index is 0.198. The molecule has 0 heterocycles. The van der Waals surface area contributed by atoms with E-state index in [9.17, 15) is 4.79 Å². The fraction of sp³-hybridized carbons (Fsp3) is 0.353. The van der Waals surface area contributed by atoms with Gasteiger partial charge in [-0.2, -0.15) is 0 Å². The second kappa shape index (κ2) is 5.53. The maximum absolute atomic E-state index is 11.7. The van der Waals surface area contributed by atoms with Crippen LogP contribution in [0.25, 0.3) is 10.8 Å². The minimum Gasteiger partial charge on any atom is -0.496 e. The fourth-order valence-electron chi connectivity index (χ4n) is 2.57. The van der Waals surface area contributed by atoms with Crippen LogP contribution in [0.4, 0.5) is 0 Å². The number of carbonyl (C=O) groups excluding carboxylic acids is 1. The smallest absolute Gasteiger partial charge is 0.223 e. The van der Waals surface area contributed by atoms with Crippen LogP contribution in [-0.4, -0.2) is 19.6 Å². The lowest BCUT2D eigenvalue weighted by Crippen LogP contribution is -2.27. The monoisotopic (exact) mass is 269 g/mol. The van der Waals surface area contributed by atoms with Gasteiger partial charge in [-0.05, 0) is 36.1 Å². The summed E-state index contributed by atoms with van der Waals surface area (Å²) in [6.45, 7) is 0.666. The second-order valence-electron chi connectivity index (χ2n) is 5.28. The molecule has 1 aliphatic carbocycles. The fourth-order valence-corrected chi connectivity index (χ4v) is 2.57. The van der Waals surface area contributed by atoms with Crippen molar-refractivity contribution in [2.24, 2.45) is 5.92 Å². The number of amides is 1. The average molecular weight is 269 g/mol. The van der Waals surface area contributed by atoms with Crippen molar-refractivity contribution in [3.63, 3.8) is 0 Å². The molecule has 3 heteroatoms. The molecule has 0 saturated heterocycles. The van der Waals surface area contributed by atoms with Gasteiger partial charge in [0.1, 0.15) is 5.75 Å². The van der Waals surface area contributed by atoms with Crippen LogP contribution in [0.2, 0.25) is 0 Å². The quantitative estimate of drug-likeness (QED) is 0.906. The maximum atomic E-state index is 11.7. The van der Waals surface area contributed by atoms with E-state index in [0.717, 1.165) is 25.0 Å². The highest BCUT2D eigenvalue weighted by atomic mass is 16.5. The van der Waals surface area contributed by atoms with Gasteiger partial charge in [-0.25, -0.2) is 0 Å². The van der Waals surface area contributed by atoms with Crippen molar-refractivity contribution in [3.8, 4) is 5.75 Å². The zero-order chi connectivity index (χ0) is 13.9. The number of nitrogens with one attached hydrogen (secondary N) is 1. The molecule has 0 atom stereocenters. The molecule has 1 saturated carbocycles. The summed E-state index contributed by atoms with van der Waals surface area (Å²) in [7, 11) is 1.69. The third-order valence-electron chi connectivity index (χ3n) is 3.84. The van der Waals surface area contributed by atoms with Crippen LogP contribution in [0.5, 0.6) is 5.75 Å². The summed E-state index contributed by atoms with van der Waals surface area (Å²) in [5.41, 5.74) is 1.17. The zero-order valence-electron chi connectivity index (χ0n) is 11.7. The summed E-state index contributed by atoms with van der Waals surface area (Å²) < 4.78 is 5.46. The topological polar surface area (TPSA) is 38.3 Å². The zero-order valence-corrected chi connectivity index (χ0v) is 11.7. The number of benzene rings is 2. The summed E-state index contributed by atoms with van der Waals surface area (Å²) in [6.07, 6.45) is 2.88. The first kappa shape index (κ1) is 13.0. The SMILES string of the molecule is COc1ccc2ccccc2c1CCNC(=O)C1CC1. The van der Waals surface area contributed by atoms with E-state index in [1.165, 1.54) is 16.3 Å². The van der Waals surface area contributed by atoms with Crippen molar-refractivity contribution in [2.75, 3.05) is 13.7 Å². The molecule has 1 fully saturated rings. The Bertz CT molecular complexity index is 632. The molecule has 0 bridgehead atoms. The summed E-state index contributed by atoms with van der Waals surface area (Å²) in [4.78, 5) is 11.7. The van der Waals surface area contributed by atoms with Crippen LogP contribution >= 0.6 is 0 Å². The van der Waals surface area contributed by atoms with Gasteiger partial charge in [-0.3, -0.25) is 4.79 Å². The molecular weight excluding hydrogens is 250 g/mol. The van der Waals surface area contributed by atoms with E-state index in [0.29, 0.717) is 6.54 Å². The van der Waals surface area contributed by atoms with Gasteiger partial charge >= 0.3 is 0 Å². The van der Waals surface area contributed by atoms with E-state index in [1.807, 2.05) is 18.2 Å². The van der Waals surface area contributed by atoms with Crippen LogP contribution in [0, 0.1) is 5.92 Å². The first-order chi connectivity index (χ1) is 9.79. The van der Waals surface area contributed by atoms with Crippen molar-refractivity contribution in [2.45, 2.75) is 19.3 Å². The average Bonchev–Trinajstić information content (AvgIpc) is 3.32. The summed E-state index contributed by atoms with van der Waals surface area (Å²) in [6, 6.07) is 12.3. The number of carbonyl (C=O) groups is 1. The molecule has 0 unspecified atom stereocenters. The van der Waals surface area contributed by atoms with Crippen LogP contribution < -0.4 is 10.1 Å². The van der Waals surface area contributed by atoms with Crippen LogP contribution in [0.1, 0.15) is 18.4 Å². The number of hydrogen-bond acceptors (Lipinski definition) is 2. The van der Waals surface area contributed by atoms with Crippen molar-refractivity contribution >= 4 is 16.7 Å². The standard InChI is InChI=1S/C17H19NO2/c1-20-16-9-8-12-4-2-3-5-14(12)15(16)10-11-18-17(19)13-6-7-13/h2-5,8-9,13H,6-7,10-11H2,1H3,(H,18,19). The number of hydrogen-bond donors (Lipinski definition) is 1. The minimum atomic E-state index is 0.198. The Labute approximate surface area is 118 Å². The maximum Gasteiger partial charge on any atom is 0.223 e. The first-order valence-corrected chi connectivity index (χ1v) is 7.12. The first-order valence-electron chi connectivity index (χ1n) is 7.12. The largest absolute Gasteiger partial charge is 0.496 e. The van der Waals surface area contributed by atoms with E-state index in [2.05, 4.69) is 23.5 Å². The Morgan fingerprint density at radius 3 is 2.80 bits per heavy atom. The van der Waals surface area contributed by atoms with Crippen molar-refractivity contribution < 1.29 is 9.53 Å². The predicted octanol–water partition coefficient (Wildman–Crippen LogP) is 2.92. The summed E-state index contributed by atoms with van der Waals surface area (Å²) in [5.74, 6) is 1.36. The van der Waals surface area contributed by atoms with E-state index < -0.39 is 0 Å². The number of fused-ring (bicyclic) bond motifs is 1. The molecule has 1 N–H and O–H groups in total. The van der Waals surface area contributed by atoms with Crippen molar-refractivity contribution in [3.05, 3.63) is 42.0 Å². The molecule has 3 nitrogen and oxygen atoms in total. The Hall–Kier alpha value is -2.03. The van der Waals surface area contributed by atoms with Crippen LogP contribution in [-0.2, 0) is 11.2 Å². The summed E-state index contributed by atoms with van der Waals surface area (Å²) in [5, 5.41) is 5.42. The third kappa shape index (κ3) is 2.62. The normalized spacial score (nSPS) is 14.2. The molecule has 20 heavy (non-hydrogen) atoms. The highest BCUT2D eigenvalue weighted by Gasteiger charge is 2.29. The molecule has 104 valence electrons. The molecule has 1 amide bonds. The number of rotatable bonds is 5. The van der Waals surface area contributed by atoms with E-state index in [4.69, 9.17) is 4.74 Å². The lowest BCUT2D eigenvalue weighted by atomic mass is 10.0. The van der Waals surface area contributed by atoms with Gasteiger partial charge in [0.2, 0.25) is 5.91 Å². The van der Waals surface area contributed by atoms with Crippen LogP contribution in [0.15, 0.2) is 36.4 Å². The molecule has 1 aliphatic rings. The number of ether oxygens (including phenoxy) is 1. The molecular formula is C17H19NO2. The lowest BCUT2D eigenvalue weighted by molar-refractivity contribution is -0.122.